The first kappa shape index (κ1) is 17.6. The van der Waals surface area contributed by atoms with Crippen LogP contribution in [0.1, 0.15) is 25.3 Å². The van der Waals surface area contributed by atoms with Gasteiger partial charge in [0.05, 0.1) is 31.0 Å². The highest BCUT2D eigenvalue weighted by Gasteiger charge is 2.30. The molecule has 30 heavy (non-hydrogen) atoms. The van der Waals surface area contributed by atoms with E-state index >= 15 is 0 Å². The number of anilines is 1. The Labute approximate surface area is 172 Å². The molecule has 0 radical (unpaired) electrons. The third-order valence-electron chi connectivity index (χ3n) is 6.24. The lowest BCUT2D eigenvalue weighted by Gasteiger charge is -2.30. The van der Waals surface area contributed by atoms with Crippen LogP contribution in [0.2, 0.25) is 0 Å². The minimum Gasteiger partial charge on any atom is -0.403 e. The Kier molecular flexibility index (Phi) is 4.07. The monoisotopic (exact) mass is 403 g/mol. The molecule has 2 aromatic heterocycles. The fourth-order valence-corrected chi connectivity index (χ4v) is 4.24. The summed E-state index contributed by atoms with van der Waals surface area (Å²) in [6.07, 6.45) is 6.15. The van der Waals surface area contributed by atoms with Crippen LogP contribution in [-0.2, 0) is 9.53 Å². The fraction of sp³-hybridized carbons (Fsp3) is 0.409. The SMILES string of the molecule is O=C(C1=C=CC1)C1CCN(c2nnc(-c3ccc4cnn(C5COC5)c4c3)o2)CC1. The molecule has 8 nitrogen and oxygen atoms in total. The Balaban J connectivity index is 1.19. The zero-order chi connectivity index (χ0) is 20.1. The van der Waals surface area contributed by atoms with Crippen molar-refractivity contribution in [3.63, 3.8) is 0 Å². The number of hydrogen-bond donors (Lipinski definition) is 0. The van der Waals surface area contributed by atoms with Crippen molar-refractivity contribution in [1.82, 2.24) is 20.0 Å². The maximum absolute atomic E-state index is 12.4. The van der Waals surface area contributed by atoms with Gasteiger partial charge in [-0.3, -0.25) is 9.48 Å². The summed E-state index contributed by atoms with van der Waals surface area (Å²) in [5.74, 6) is 0.829. The second kappa shape index (κ2) is 6.93. The van der Waals surface area contributed by atoms with E-state index in [4.69, 9.17) is 9.15 Å². The van der Waals surface area contributed by atoms with Gasteiger partial charge in [0.15, 0.2) is 5.78 Å². The van der Waals surface area contributed by atoms with Crippen molar-refractivity contribution in [2.75, 3.05) is 31.2 Å². The number of benzene rings is 1. The van der Waals surface area contributed by atoms with E-state index in [0.717, 1.165) is 54.4 Å². The molecule has 0 unspecified atom stereocenters. The van der Waals surface area contributed by atoms with Crippen LogP contribution in [0.25, 0.3) is 22.4 Å². The first-order chi connectivity index (χ1) is 14.8. The molecule has 2 saturated heterocycles. The third-order valence-corrected chi connectivity index (χ3v) is 6.24. The standard InChI is InChI=1S/C22H21N5O3/c28-20(14-2-1-3-14)15-6-8-26(9-7-15)22-25-24-21(30-22)16-4-5-17-11-23-27(19(17)10-16)18-12-29-13-18/h1,4-5,10-11,15,18H,2,6-9,12-13H2. The highest BCUT2D eigenvalue weighted by atomic mass is 16.5. The van der Waals surface area contributed by atoms with Crippen molar-refractivity contribution < 1.29 is 13.9 Å². The average molecular weight is 403 g/mol. The number of piperidine rings is 1. The lowest BCUT2D eigenvalue weighted by molar-refractivity contribution is -0.119. The van der Waals surface area contributed by atoms with Crippen molar-refractivity contribution in [2.24, 2.45) is 5.92 Å². The van der Waals surface area contributed by atoms with E-state index < -0.39 is 0 Å². The van der Waals surface area contributed by atoms with Crippen molar-refractivity contribution in [3.8, 4) is 11.5 Å². The number of nitrogens with zero attached hydrogens (tertiary/aromatic N) is 5. The van der Waals surface area contributed by atoms with Crippen LogP contribution in [0, 0.1) is 5.92 Å². The van der Waals surface area contributed by atoms with Crippen LogP contribution < -0.4 is 4.90 Å². The van der Waals surface area contributed by atoms with Gasteiger partial charge in [0.2, 0.25) is 5.89 Å². The van der Waals surface area contributed by atoms with E-state index in [1.165, 1.54) is 0 Å². The maximum atomic E-state index is 12.4. The molecule has 4 heterocycles. The lowest BCUT2D eigenvalue weighted by atomic mass is 9.86. The first-order valence-corrected chi connectivity index (χ1v) is 10.4. The number of rotatable bonds is 5. The smallest absolute Gasteiger partial charge is 0.318 e. The molecule has 0 N–H and O–H groups in total. The van der Waals surface area contributed by atoms with E-state index in [9.17, 15) is 4.79 Å². The molecule has 8 heteroatoms. The van der Waals surface area contributed by atoms with Crippen LogP contribution in [-0.4, -0.2) is 52.1 Å². The Morgan fingerprint density at radius 3 is 2.70 bits per heavy atom. The van der Waals surface area contributed by atoms with Crippen molar-refractivity contribution >= 4 is 22.7 Å². The summed E-state index contributed by atoms with van der Waals surface area (Å²) in [6.45, 7) is 2.86. The number of allylic oxidation sites excluding steroid dienone is 1. The average Bonchev–Trinajstić information content (AvgIpc) is 3.33. The molecule has 0 amide bonds. The zero-order valence-electron chi connectivity index (χ0n) is 16.5. The summed E-state index contributed by atoms with van der Waals surface area (Å²) in [5, 5.41) is 14.1. The molecule has 152 valence electrons. The Morgan fingerprint density at radius 1 is 1.17 bits per heavy atom. The molecule has 0 saturated carbocycles. The highest BCUT2D eigenvalue weighted by molar-refractivity contribution is 5.98. The van der Waals surface area contributed by atoms with Gasteiger partial charge in [0.1, 0.15) is 0 Å². The van der Waals surface area contributed by atoms with E-state index in [2.05, 4.69) is 25.9 Å². The number of aromatic nitrogens is 4. The van der Waals surface area contributed by atoms with E-state index in [1.54, 1.807) is 0 Å². The number of fused-ring (bicyclic) bond motifs is 1. The molecule has 2 aliphatic heterocycles. The minimum atomic E-state index is 0.0815. The lowest BCUT2D eigenvalue weighted by Crippen LogP contribution is -2.37. The fourth-order valence-electron chi connectivity index (χ4n) is 4.24. The third kappa shape index (κ3) is 2.88. The summed E-state index contributed by atoms with van der Waals surface area (Å²) in [5.41, 5.74) is 5.77. The van der Waals surface area contributed by atoms with Crippen LogP contribution in [0.5, 0.6) is 0 Å². The number of ketones is 1. The second-order valence-corrected chi connectivity index (χ2v) is 8.10. The van der Waals surface area contributed by atoms with Crippen molar-refractivity contribution in [3.05, 3.63) is 41.8 Å². The highest BCUT2D eigenvalue weighted by Crippen LogP contribution is 2.31. The topological polar surface area (TPSA) is 86.3 Å². The number of Topliss-reactive ketones (excluding diaryl/α,β-unsaturated/α-hetero) is 1. The van der Waals surface area contributed by atoms with Crippen molar-refractivity contribution in [2.45, 2.75) is 25.3 Å². The molecule has 1 aliphatic carbocycles. The minimum absolute atomic E-state index is 0.0815. The largest absolute Gasteiger partial charge is 0.403 e. The molecular weight excluding hydrogens is 382 g/mol. The van der Waals surface area contributed by atoms with Crippen LogP contribution in [0.15, 0.2) is 46.2 Å². The molecule has 3 aromatic rings. The molecule has 0 bridgehead atoms. The summed E-state index contributed by atoms with van der Waals surface area (Å²) >= 11 is 0. The molecule has 2 fully saturated rings. The maximum Gasteiger partial charge on any atom is 0.318 e. The van der Waals surface area contributed by atoms with Gasteiger partial charge in [-0.1, -0.05) is 11.2 Å². The molecule has 1 aromatic carbocycles. The van der Waals surface area contributed by atoms with Gasteiger partial charge >= 0.3 is 6.01 Å². The quantitative estimate of drug-likeness (QED) is 0.606. The molecule has 0 spiro atoms. The van der Waals surface area contributed by atoms with E-state index in [1.807, 2.05) is 35.2 Å². The van der Waals surface area contributed by atoms with Gasteiger partial charge in [-0.15, -0.1) is 10.8 Å². The number of hydrogen-bond acceptors (Lipinski definition) is 7. The normalized spacial score (nSPS) is 19.6. The summed E-state index contributed by atoms with van der Waals surface area (Å²) in [6, 6.07) is 6.85. The second-order valence-electron chi connectivity index (χ2n) is 8.10. The number of carbonyl (C=O) groups excluding carboxylic acids is 1. The van der Waals surface area contributed by atoms with Gasteiger partial charge < -0.3 is 14.1 Å². The summed E-state index contributed by atoms with van der Waals surface area (Å²) < 4.78 is 13.3. The number of carbonyl (C=O) groups is 1. The molecule has 6 rings (SSSR count). The van der Waals surface area contributed by atoms with Crippen LogP contribution >= 0.6 is 0 Å². The van der Waals surface area contributed by atoms with Gasteiger partial charge in [-0.25, -0.2) is 0 Å². The summed E-state index contributed by atoms with van der Waals surface area (Å²) in [7, 11) is 0. The Hall–Kier alpha value is -3.22. The first-order valence-electron chi connectivity index (χ1n) is 10.4. The summed E-state index contributed by atoms with van der Waals surface area (Å²) in [4.78, 5) is 14.5. The predicted octanol–water partition coefficient (Wildman–Crippen LogP) is 2.93. The Morgan fingerprint density at radius 2 is 2.00 bits per heavy atom. The zero-order valence-corrected chi connectivity index (χ0v) is 16.5. The molecule has 3 aliphatic rings. The van der Waals surface area contributed by atoms with Crippen LogP contribution in [0.4, 0.5) is 6.01 Å². The van der Waals surface area contributed by atoms with E-state index in [-0.39, 0.29) is 17.7 Å². The Bertz CT molecular complexity index is 1190. The van der Waals surface area contributed by atoms with E-state index in [0.29, 0.717) is 25.1 Å². The molecular formula is C22H21N5O3. The van der Waals surface area contributed by atoms with Gasteiger partial charge in [0.25, 0.3) is 0 Å². The predicted molar refractivity (Wildman–Crippen MR) is 109 cm³/mol. The van der Waals surface area contributed by atoms with Gasteiger partial charge in [-0.05, 0) is 31.1 Å². The van der Waals surface area contributed by atoms with Gasteiger partial charge in [-0.2, -0.15) is 5.10 Å². The molecule has 0 atom stereocenters. The number of ether oxygens (including phenoxy) is 1. The van der Waals surface area contributed by atoms with Crippen molar-refractivity contribution in [1.29, 1.82) is 0 Å². The van der Waals surface area contributed by atoms with Gasteiger partial charge in [0, 0.05) is 42.0 Å². The van der Waals surface area contributed by atoms with Crippen LogP contribution in [0.3, 0.4) is 0 Å².